The lowest BCUT2D eigenvalue weighted by Crippen LogP contribution is -2.35. The number of morpholine rings is 1. The summed E-state index contributed by atoms with van der Waals surface area (Å²) in [7, 11) is 0. The van der Waals surface area contributed by atoms with Gasteiger partial charge in [0, 0.05) is 19.6 Å². The van der Waals surface area contributed by atoms with E-state index in [2.05, 4.69) is 38.1 Å². The molecule has 3 rings (SSSR count). The zero-order chi connectivity index (χ0) is 20.1. The number of nitrogens with zero attached hydrogens (tertiary/aromatic N) is 4. The lowest BCUT2D eigenvalue weighted by Gasteiger charge is -2.26. The fourth-order valence-electron chi connectivity index (χ4n) is 3.13. The van der Waals surface area contributed by atoms with Crippen LogP contribution >= 0.6 is 15.9 Å². The topological polar surface area (TPSA) is 78.6 Å². The van der Waals surface area contributed by atoms with Crippen molar-refractivity contribution in [3.8, 4) is 0 Å². The van der Waals surface area contributed by atoms with Crippen LogP contribution in [0.25, 0.3) is 0 Å². The van der Waals surface area contributed by atoms with Gasteiger partial charge in [-0.05, 0) is 40.9 Å². The predicted molar refractivity (Wildman–Crippen MR) is 107 cm³/mol. The Labute approximate surface area is 172 Å². The molecule has 2 heterocycles. The number of rotatable bonds is 7. The summed E-state index contributed by atoms with van der Waals surface area (Å²) in [4.78, 5) is 27.0. The van der Waals surface area contributed by atoms with Gasteiger partial charge in [0.1, 0.15) is 6.04 Å². The molecular formula is C19H25BrN4O4. The average molecular weight is 453 g/mol. The first-order chi connectivity index (χ1) is 13.5. The molecule has 1 aliphatic heterocycles. The third kappa shape index (κ3) is 4.89. The van der Waals surface area contributed by atoms with Crippen LogP contribution in [-0.2, 0) is 27.4 Å². The third-order valence-electron chi connectivity index (χ3n) is 4.71. The van der Waals surface area contributed by atoms with Crippen LogP contribution in [0.5, 0.6) is 0 Å². The number of ether oxygens (including phenoxy) is 2. The number of hydrogen-bond acceptors (Lipinski definition) is 6. The van der Waals surface area contributed by atoms with E-state index in [9.17, 15) is 9.59 Å². The quantitative estimate of drug-likeness (QED) is 0.596. The monoisotopic (exact) mass is 452 g/mol. The molecule has 1 aromatic heterocycles. The van der Waals surface area contributed by atoms with Gasteiger partial charge in [0.15, 0.2) is 0 Å². The van der Waals surface area contributed by atoms with Crippen molar-refractivity contribution in [3.63, 3.8) is 0 Å². The van der Waals surface area contributed by atoms with E-state index < -0.39 is 12.0 Å². The van der Waals surface area contributed by atoms with Gasteiger partial charge in [0.25, 0.3) is 0 Å². The smallest absolute Gasteiger partial charge is 0.347 e. The maximum atomic E-state index is 12.7. The van der Waals surface area contributed by atoms with Gasteiger partial charge >= 0.3 is 11.7 Å². The predicted octanol–water partition coefficient (Wildman–Crippen LogP) is 1.81. The molecule has 1 aromatic carbocycles. The fraction of sp³-hybridized carbons (Fsp3) is 0.526. The molecule has 0 aliphatic carbocycles. The SMILES string of the molecule is CCOC(=O)C(C)n1c(Br)nn(Cc2ccc(CN3CCOCC3)cc2)c1=O. The van der Waals surface area contributed by atoms with Gasteiger partial charge in [-0.25, -0.2) is 14.3 Å². The zero-order valence-corrected chi connectivity index (χ0v) is 17.7. The second-order valence-electron chi connectivity index (χ2n) is 6.71. The Morgan fingerprint density at radius 2 is 1.82 bits per heavy atom. The molecule has 1 unspecified atom stereocenters. The first kappa shape index (κ1) is 20.8. The van der Waals surface area contributed by atoms with E-state index in [0.717, 1.165) is 38.4 Å². The van der Waals surface area contributed by atoms with Crippen molar-refractivity contribution in [2.75, 3.05) is 32.9 Å². The molecule has 0 bridgehead atoms. The molecule has 28 heavy (non-hydrogen) atoms. The number of carbonyl (C=O) groups is 1. The van der Waals surface area contributed by atoms with E-state index in [1.165, 1.54) is 14.8 Å². The molecule has 1 aliphatic rings. The molecule has 8 nitrogen and oxygen atoms in total. The van der Waals surface area contributed by atoms with Gasteiger partial charge in [0.2, 0.25) is 4.73 Å². The van der Waals surface area contributed by atoms with Crippen LogP contribution in [0.4, 0.5) is 0 Å². The highest BCUT2D eigenvalue weighted by Crippen LogP contribution is 2.14. The van der Waals surface area contributed by atoms with Crippen LogP contribution in [-0.4, -0.2) is 58.1 Å². The molecule has 1 fully saturated rings. The normalized spacial score (nSPS) is 16.1. The summed E-state index contributed by atoms with van der Waals surface area (Å²) in [5.74, 6) is -0.461. The first-order valence-corrected chi connectivity index (χ1v) is 10.2. The van der Waals surface area contributed by atoms with Crippen molar-refractivity contribution in [2.45, 2.75) is 33.0 Å². The maximum absolute atomic E-state index is 12.7. The summed E-state index contributed by atoms with van der Waals surface area (Å²) in [5.41, 5.74) is 1.83. The Balaban J connectivity index is 1.69. The summed E-state index contributed by atoms with van der Waals surface area (Å²) < 4.78 is 13.3. The minimum absolute atomic E-state index is 0.264. The third-order valence-corrected chi connectivity index (χ3v) is 5.25. The van der Waals surface area contributed by atoms with Crippen LogP contribution in [0.3, 0.4) is 0 Å². The van der Waals surface area contributed by atoms with Crippen LogP contribution in [0.15, 0.2) is 33.8 Å². The Kier molecular flexibility index (Phi) is 7.03. The minimum atomic E-state index is -0.744. The zero-order valence-electron chi connectivity index (χ0n) is 16.1. The number of carbonyl (C=O) groups excluding carboxylic acids is 1. The van der Waals surface area contributed by atoms with E-state index in [1.54, 1.807) is 13.8 Å². The molecular weight excluding hydrogens is 428 g/mol. The van der Waals surface area contributed by atoms with Crippen molar-refractivity contribution in [1.29, 1.82) is 0 Å². The summed E-state index contributed by atoms with van der Waals surface area (Å²) in [5, 5.41) is 4.24. The summed E-state index contributed by atoms with van der Waals surface area (Å²) in [6.45, 7) is 8.29. The molecule has 0 N–H and O–H groups in total. The van der Waals surface area contributed by atoms with Crippen molar-refractivity contribution in [1.82, 2.24) is 19.2 Å². The van der Waals surface area contributed by atoms with Gasteiger partial charge in [-0.15, -0.1) is 5.10 Å². The van der Waals surface area contributed by atoms with E-state index in [4.69, 9.17) is 9.47 Å². The fourth-order valence-corrected chi connectivity index (χ4v) is 3.78. The number of hydrogen-bond donors (Lipinski definition) is 0. The molecule has 1 atom stereocenters. The number of esters is 1. The van der Waals surface area contributed by atoms with Crippen molar-refractivity contribution in [3.05, 3.63) is 50.6 Å². The summed E-state index contributed by atoms with van der Waals surface area (Å²) >= 11 is 3.28. The van der Waals surface area contributed by atoms with Crippen LogP contribution in [0.1, 0.15) is 31.0 Å². The molecule has 0 amide bonds. The van der Waals surface area contributed by atoms with Crippen molar-refractivity contribution < 1.29 is 14.3 Å². The average Bonchev–Trinajstić information content (AvgIpc) is 2.97. The second-order valence-corrected chi connectivity index (χ2v) is 7.42. The van der Waals surface area contributed by atoms with Crippen LogP contribution < -0.4 is 5.69 Å². The molecule has 0 radical (unpaired) electrons. The van der Waals surface area contributed by atoms with Crippen molar-refractivity contribution in [2.24, 2.45) is 0 Å². The largest absolute Gasteiger partial charge is 0.464 e. The van der Waals surface area contributed by atoms with Gasteiger partial charge in [0.05, 0.1) is 26.4 Å². The minimum Gasteiger partial charge on any atom is -0.464 e. The van der Waals surface area contributed by atoms with E-state index in [-0.39, 0.29) is 12.3 Å². The van der Waals surface area contributed by atoms with Gasteiger partial charge in [-0.2, -0.15) is 0 Å². The number of halogens is 1. The van der Waals surface area contributed by atoms with Crippen molar-refractivity contribution >= 4 is 21.9 Å². The Morgan fingerprint density at radius 3 is 2.43 bits per heavy atom. The highest BCUT2D eigenvalue weighted by Gasteiger charge is 2.23. The second kappa shape index (κ2) is 9.49. The molecule has 0 spiro atoms. The highest BCUT2D eigenvalue weighted by atomic mass is 79.9. The lowest BCUT2D eigenvalue weighted by molar-refractivity contribution is -0.146. The van der Waals surface area contributed by atoms with E-state index >= 15 is 0 Å². The van der Waals surface area contributed by atoms with E-state index in [0.29, 0.717) is 11.3 Å². The Morgan fingerprint density at radius 1 is 1.21 bits per heavy atom. The lowest BCUT2D eigenvalue weighted by atomic mass is 10.1. The van der Waals surface area contributed by atoms with Gasteiger partial charge in [-0.1, -0.05) is 24.3 Å². The standard InChI is InChI=1S/C19H25BrN4O4/c1-3-28-17(25)14(2)24-18(20)21-23(19(24)26)13-16-6-4-15(5-7-16)12-22-8-10-27-11-9-22/h4-7,14H,3,8-13H2,1-2H3. The van der Waals surface area contributed by atoms with E-state index in [1.807, 2.05) is 12.1 Å². The number of aromatic nitrogens is 3. The summed E-state index contributed by atoms with van der Waals surface area (Å²) in [6.07, 6.45) is 0. The Hall–Kier alpha value is -1.97. The van der Waals surface area contributed by atoms with Crippen LogP contribution in [0.2, 0.25) is 0 Å². The molecule has 9 heteroatoms. The highest BCUT2D eigenvalue weighted by molar-refractivity contribution is 9.10. The maximum Gasteiger partial charge on any atom is 0.347 e. The molecule has 0 saturated carbocycles. The van der Waals surface area contributed by atoms with Crippen LogP contribution in [0, 0.1) is 0 Å². The van der Waals surface area contributed by atoms with Gasteiger partial charge < -0.3 is 9.47 Å². The number of benzene rings is 1. The first-order valence-electron chi connectivity index (χ1n) is 9.39. The molecule has 1 saturated heterocycles. The molecule has 2 aromatic rings. The molecule has 152 valence electrons. The summed E-state index contributed by atoms with van der Waals surface area (Å²) in [6, 6.07) is 7.41. The van der Waals surface area contributed by atoms with Gasteiger partial charge in [-0.3, -0.25) is 9.47 Å². The Bertz CT molecular complexity index is 856.